The summed E-state index contributed by atoms with van der Waals surface area (Å²) in [6, 6.07) is 0. The molecule has 0 bridgehead atoms. The summed E-state index contributed by atoms with van der Waals surface area (Å²) in [6.45, 7) is 2.82. The van der Waals surface area contributed by atoms with Crippen molar-refractivity contribution >= 4 is 5.91 Å². The quantitative estimate of drug-likeness (QED) is 0.726. The number of amides is 1. The van der Waals surface area contributed by atoms with E-state index in [1.165, 1.54) is 6.20 Å². The molecule has 1 aromatic rings. The normalized spacial score (nSPS) is 9.83. The van der Waals surface area contributed by atoms with Gasteiger partial charge in [-0.3, -0.25) is 9.89 Å². The fraction of sp³-hybridized carbons (Fsp3) is 0.500. The van der Waals surface area contributed by atoms with Crippen molar-refractivity contribution < 1.29 is 4.79 Å². The highest BCUT2D eigenvalue weighted by molar-refractivity contribution is 5.93. The van der Waals surface area contributed by atoms with Crippen LogP contribution in [-0.2, 0) is 0 Å². The Morgan fingerprint density at radius 1 is 1.75 bits per heavy atom. The summed E-state index contributed by atoms with van der Waals surface area (Å²) < 4.78 is 0. The number of carbonyl (C=O) groups is 1. The first-order valence-corrected chi connectivity index (χ1v) is 4.00. The van der Waals surface area contributed by atoms with Crippen LogP contribution in [-0.4, -0.2) is 34.6 Å². The third-order valence-electron chi connectivity index (χ3n) is 1.65. The van der Waals surface area contributed by atoms with Crippen LogP contribution in [0.1, 0.15) is 23.7 Å². The Labute approximate surface area is 71.6 Å². The van der Waals surface area contributed by atoms with Crippen molar-refractivity contribution in [2.45, 2.75) is 13.3 Å². The molecule has 0 aliphatic carbocycles. The van der Waals surface area contributed by atoms with Crippen LogP contribution in [0.2, 0.25) is 0 Å². The van der Waals surface area contributed by atoms with Gasteiger partial charge in [0.2, 0.25) is 0 Å². The minimum atomic E-state index is 0.0191. The van der Waals surface area contributed by atoms with Crippen molar-refractivity contribution in [1.82, 2.24) is 15.1 Å². The number of hydrogen-bond donors (Lipinski definition) is 1. The van der Waals surface area contributed by atoms with Crippen LogP contribution in [0.3, 0.4) is 0 Å². The molecular weight excluding hydrogens is 154 g/mol. The molecule has 0 saturated carbocycles. The maximum absolute atomic E-state index is 11.5. The zero-order valence-electron chi connectivity index (χ0n) is 7.37. The molecule has 0 aromatic carbocycles. The number of nitrogens with zero attached hydrogens (tertiary/aromatic N) is 2. The van der Waals surface area contributed by atoms with Crippen LogP contribution in [0.5, 0.6) is 0 Å². The van der Waals surface area contributed by atoms with Crippen molar-refractivity contribution in [2.75, 3.05) is 13.6 Å². The molecule has 1 rings (SSSR count). The number of hydrogen-bond acceptors (Lipinski definition) is 2. The smallest absolute Gasteiger partial charge is 0.256 e. The lowest BCUT2D eigenvalue weighted by atomic mass is 10.3. The third-order valence-corrected chi connectivity index (χ3v) is 1.65. The van der Waals surface area contributed by atoms with Crippen molar-refractivity contribution in [2.24, 2.45) is 0 Å². The molecule has 12 heavy (non-hydrogen) atoms. The van der Waals surface area contributed by atoms with Gasteiger partial charge in [0.25, 0.3) is 5.91 Å². The highest BCUT2D eigenvalue weighted by Crippen LogP contribution is 1.99. The number of rotatable bonds is 3. The minimum Gasteiger partial charge on any atom is -0.342 e. The number of H-pyrrole nitrogens is 1. The molecule has 0 radical (unpaired) electrons. The van der Waals surface area contributed by atoms with E-state index < -0.39 is 0 Å². The molecule has 0 unspecified atom stereocenters. The van der Waals surface area contributed by atoms with E-state index in [9.17, 15) is 4.79 Å². The van der Waals surface area contributed by atoms with E-state index in [0.29, 0.717) is 5.56 Å². The third kappa shape index (κ3) is 1.84. The Morgan fingerprint density at radius 2 is 2.50 bits per heavy atom. The fourth-order valence-corrected chi connectivity index (χ4v) is 1.03. The maximum atomic E-state index is 11.5. The Bertz CT molecular complexity index is 243. The zero-order valence-corrected chi connectivity index (χ0v) is 7.37. The molecule has 4 nitrogen and oxygen atoms in total. The lowest BCUT2D eigenvalue weighted by Crippen LogP contribution is -2.26. The molecule has 4 heteroatoms. The first kappa shape index (κ1) is 8.77. The molecule has 0 fully saturated rings. The van der Waals surface area contributed by atoms with Crippen molar-refractivity contribution in [1.29, 1.82) is 0 Å². The van der Waals surface area contributed by atoms with Crippen LogP contribution in [0.4, 0.5) is 0 Å². The molecule has 1 aromatic heterocycles. The zero-order chi connectivity index (χ0) is 8.97. The highest BCUT2D eigenvalue weighted by Gasteiger charge is 2.10. The van der Waals surface area contributed by atoms with Gasteiger partial charge in [-0.25, -0.2) is 0 Å². The molecule has 0 aliphatic heterocycles. The van der Waals surface area contributed by atoms with Gasteiger partial charge in [-0.05, 0) is 6.42 Å². The van der Waals surface area contributed by atoms with Gasteiger partial charge in [-0.1, -0.05) is 6.92 Å². The molecule has 0 aliphatic rings. The Balaban J connectivity index is 2.59. The lowest BCUT2D eigenvalue weighted by molar-refractivity contribution is 0.0795. The second kappa shape index (κ2) is 3.90. The number of nitrogens with one attached hydrogen (secondary N) is 1. The topological polar surface area (TPSA) is 49.0 Å². The second-order valence-electron chi connectivity index (χ2n) is 2.71. The maximum Gasteiger partial charge on any atom is 0.256 e. The number of aromatic nitrogens is 2. The van der Waals surface area contributed by atoms with Crippen molar-refractivity contribution in [3.05, 3.63) is 18.0 Å². The minimum absolute atomic E-state index is 0.0191. The Hall–Kier alpha value is -1.32. The Morgan fingerprint density at radius 3 is 3.00 bits per heavy atom. The molecule has 0 saturated heterocycles. The second-order valence-corrected chi connectivity index (χ2v) is 2.71. The van der Waals surface area contributed by atoms with Gasteiger partial charge in [0, 0.05) is 19.8 Å². The molecule has 1 heterocycles. The van der Waals surface area contributed by atoms with E-state index in [2.05, 4.69) is 10.2 Å². The van der Waals surface area contributed by atoms with Crippen LogP contribution < -0.4 is 0 Å². The van der Waals surface area contributed by atoms with Crippen LogP contribution in [0.15, 0.2) is 12.4 Å². The van der Waals surface area contributed by atoms with Gasteiger partial charge in [0.15, 0.2) is 0 Å². The molecule has 0 spiro atoms. The van der Waals surface area contributed by atoms with Crippen molar-refractivity contribution in [3.8, 4) is 0 Å². The first-order chi connectivity index (χ1) is 5.75. The van der Waals surface area contributed by atoms with E-state index in [1.54, 1.807) is 18.1 Å². The van der Waals surface area contributed by atoms with Gasteiger partial charge in [-0.2, -0.15) is 5.10 Å². The number of carbonyl (C=O) groups excluding carboxylic acids is 1. The summed E-state index contributed by atoms with van der Waals surface area (Å²) in [7, 11) is 1.79. The van der Waals surface area contributed by atoms with Gasteiger partial charge in [-0.15, -0.1) is 0 Å². The summed E-state index contributed by atoms with van der Waals surface area (Å²) in [5.41, 5.74) is 0.617. The average molecular weight is 167 g/mol. The fourth-order valence-electron chi connectivity index (χ4n) is 1.03. The summed E-state index contributed by atoms with van der Waals surface area (Å²) >= 11 is 0. The van der Waals surface area contributed by atoms with E-state index in [0.717, 1.165) is 13.0 Å². The van der Waals surface area contributed by atoms with Gasteiger partial charge in [0.05, 0.1) is 11.8 Å². The van der Waals surface area contributed by atoms with Crippen LogP contribution in [0.25, 0.3) is 0 Å². The van der Waals surface area contributed by atoms with E-state index in [-0.39, 0.29) is 5.91 Å². The summed E-state index contributed by atoms with van der Waals surface area (Å²) in [6.07, 6.45) is 4.11. The Kier molecular flexibility index (Phi) is 2.85. The summed E-state index contributed by atoms with van der Waals surface area (Å²) in [5, 5.41) is 6.32. The lowest BCUT2D eigenvalue weighted by Gasteiger charge is -2.14. The summed E-state index contributed by atoms with van der Waals surface area (Å²) in [5.74, 6) is 0.0191. The molecular formula is C8H13N3O. The highest BCUT2D eigenvalue weighted by atomic mass is 16.2. The first-order valence-electron chi connectivity index (χ1n) is 4.00. The van der Waals surface area contributed by atoms with Crippen molar-refractivity contribution in [3.63, 3.8) is 0 Å². The average Bonchev–Trinajstić information content (AvgIpc) is 2.55. The number of aromatic amines is 1. The summed E-state index contributed by atoms with van der Waals surface area (Å²) in [4.78, 5) is 13.1. The van der Waals surface area contributed by atoms with Gasteiger partial charge < -0.3 is 4.90 Å². The molecule has 1 amide bonds. The molecule has 0 atom stereocenters. The van der Waals surface area contributed by atoms with E-state index >= 15 is 0 Å². The SMILES string of the molecule is CCCN(C)C(=O)c1cn[nH]c1. The predicted octanol–water partition coefficient (Wildman–Crippen LogP) is 0.892. The van der Waals surface area contributed by atoms with E-state index in [4.69, 9.17) is 0 Å². The predicted molar refractivity (Wildman–Crippen MR) is 45.8 cm³/mol. The standard InChI is InChI=1S/C8H13N3O/c1-3-4-11(2)8(12)7-5-9-10-6-7/h5-6H,3-4H2,1-2H3,(H,9,10). The largest absolute Gasteiger partial charge is 0.342 e. The van der Waals surface area contributed by atoms with Crippen LogP contribution >= 0.6 is 0 Å². The van der Waals surface area contributed by atoms with E-state index in [1.807, 2.05) is 6.92 Å². The monoisotopic (exact) mass is 167 g/mol. The van der Waals surface area contributed by atoms with Gasteiger partial charge >= 0.3 is 0 Å². The molecule has 66 valence electrons. The molecule has 1 N–H and O–H groups in total. The van der Waals surface area contributed by atoms with Gasteiger partial charge in [0.1, 0.15) is 0 Å². The van der Waals surface area contributed by atoms with Crippen LogP contribution in [0, 0.1) is 0 Å².